The van der Waals surface area contributed by atoms with Crippen molar-refractivity contribution in [3.05, 3.63) is 58.0 Å². The smallest absolute Gasteiger partial charge is 0.315 e. The molecule has 5 nitrogen and oxygen atoms in total. The van der Waals surface area contributed by atoms with Gasteiger partial charge in [0.25, 0.3) is 0 Å². The molecule has 2 aromatic rings. The highest BCUT2D eigenvalue weighted by Crippen LogP contribution is 2.23. The summed E-state index contributed by atoms with van der Waals surface area (Å²) < 4.78 is 18.3. The minimum atomic E-state index is -0.280. The molecule has 1 aromatic heterocycles. The van der Waals surface area contributed by atoms with Gasteiger partial charge >= 0.3 is 6.03 Å². The van der Waals surface area contributed by atoms with E-state index in [-0.39, 0.29) is 17.9 Å². The van der Waals surface area contributed by atoms with Gasteiger partial charge in [0.2, 0.25) is 0 Å². The molecule has 2 heterocycles. The lowest BCUT2D eigenvalue weighted by atomic mass is 10.1. The first-order valence-electron chi connectivity index (χ1n) is 8.32. The number of hydrogen-bond donors (Lipinski definition) is 2. The number of thiophene rings is 1. The monoisotopic (exact) mass is 363 g/mol. The summed E-state index contributed by atoms with van der Waals surface area (Å²) in [6.45, 7) is 4.06. The van der Waals surface area contributed by atoms with Gasteiger partial charge in [0, 0.05) is 26.2 Å². The fourth-order valence-corrected chi connectivity index (χ4v) is 3.56. The number of rotatable bonds is 6. The van der Waals surface area contributed by atoms with Crippen LogP contribution in [-0.2, 0) is 11.3 Å². The van der Waals surface area contributed by atoms with Crippen LogP contribution in [0.1, 0.15) is 17.2 Å². The van der Waals surface area contributed by atoms with Crippen molar-refractivity contribution < 1.29 is 13.9 Å². The summed E-state index contributed by atoms with van der Waals surface area (Å²) in [7, 11) is 0. The summed E-state index contributed by atoms with van der Waals surface area (Å²) in [5.74, 6) is -0.280. The van der Waals surface area contributed by atoms with Gasteiger partial charge in [-0.1, -0.05) is 12.1 Å². The summed E-state index contributed by atoms with van der Waals surface area (Å²) >= 11 is 1.66. The molecule has 1 aromatic carbocycles. The van der Waals surface area contributed by atoms with E-state index in [1.165, 1.54) is 17.7 Å². The maximum atomic E-state index is 12.9. The molecule has 0 saturated carbocycles. The summed E-state index contributed by atoms with van der Waals surface area (Å²) in [4.78, 5) is 14.4. The second-order valence-corrected chi connectivity index (χ2v) is 6.69. The zero-order valence-corrected chi connectivity index (χ0v) is 14.7. The van der Waals surface area contributed by atoms with E-state index < -0.39 is 0 Å². The lowest BCUT2D eigenvalue weighted by molar-refractivity contribution is 0.0168. The zero-order chi connectivity index (χ0) is 17.5. The van der Waals surface area contributed by atoms with E-state index in [1.807, 2.05) is 0 Å². The normalized spacial score (nSPS) is 16.4. The maximum absolute atomic E-state index is 12.9. The van der Waals surface area contributed by atoms with E-state index in [0.29, 0.717) is 13.1 Å². The van der Waals surface area contributed by atoms with Crippen LogP contribution in [0.3, 0.4) is 0 Å². The topological polar surface area (TPSA) is 53.6 Å². The zero-order valence-electron chi connectivity index (χ0n) is 13.9. The number of carbonyl (C=O) groups excluding carboxylic acids is 1. The Morgan fingerprint density at radius 1 is 1.20 bits per heavy atom. The molecule has 1 aliphatic heterocycles. The quantitative estimate of drug-likeness (QED) is 0.830. The number of nitrogens with one attached hydrogen (secondary N) is 2. The van der Waals surface area contributed by atoms with E-state index in [0.717, 1.165) is 31.9 Å². The van der Waals surface area contributed by atoms with E-state index >= 15 is 0 Å². The second-order valence-electron chi connectivity index (χ2n) is 5.91. The SMILES string of the molecule is O=C(NCc1ccc(F)cc1)NC[C@@H](c1ccsc1)N1CCOCC1. The van der Waals surface area contributed by atoms with Crippen LogP contribution in [0.15, 0.2) is 41.1 Å². The van der Waals surface area contributed by atoms with Gasteiger partial charge in [-0.25, -0.2) is 9.18 Å². The average Bonchev–Trinajstić information content (AvgIpc) is 3.17. The second kappa shape index (κ2) is 8.94. The van der Waals surface area contributed by atoms with Crippen molar-refractivity contribution in [3.8, 4) is 0 Å². The Hall–Kier alpha value is -1.96. The highest BCUT2D eigenvalue weighted by atomic mass is 32.1. The molecular weight excluding hydrogens is 341 g/mol. The molecule has 1 atom stereocenters. The number of halogens is 1. The predicted molar refractivity (Wildman–Crippen MR) is 96.1 cm³/mol. The maximum Gasteiger partial charge on any atom is 0.315 e. The molecule has 2 N–H and O–H groups in total. The van der Waals surface area contributed by atoms with Crippen LogP contribution >= 0.6 is 11.3 Å². The van der Waals surface area contributed by atoms with Gasteiger partial charge in [-0.05, 0) is 40.1 Å². The third-order valence-electron chi connectivity index (χ3n) is 4.24. The van der Waals surface area contributed by atoms with Crippen molar-refractivity contribution in [1.29, 1.82) is 0 Å². The van der Waals surface area contributed by atoms with Gasteiger partial charge in [-0.2, -0.15) is 11.3 Å². The molecule has 1 saturated heterocycles. The van der Waals surface area contributed by atoms with Gasteiger partial charge in [0.15, 0.2) is 0 Å². The third kappa shape index (κ3) is 5.26. The van der Waals surface area contributed by atoms with Crippen molar-refractivity contribution in [2.75, 3.05) is 32.8 Å². The molecule has 134 valence electrons. The van der Waals surface area contributed by atoms with Gasteiger partial charge < -0.3 is 15.4 Å². The van der Waals surface area contributed by atoms with Crippen LogP contribution < -0.4 is 10.6 Å². The van der Waals surface area contributed by atoms with E-state index in [1.54, 1.807) is 23.5 Å². The van der Waals surface area contributed by atoms with E-state index in [9.17, 15) is 9.18 Å². The number of amides is 2. The van der Waals surface area contributed by atoms with Gasteiger partial charge in [-0.15, -0.1) is 0 Å². The van der Waals surface area contributed by atoms with Gasteiger partial charge in [-0.3, -0.25) is 4.90 Å². The van der Waals surface area contributed by atoms with Crippen LogP contribution in [0.25, 0.3) is 0 Å². The van der Waals surface area contributed by atoms with Crippen LogP contribution in [-0.4, -0.2) is 43.8 Å². The Balaban J connectivity index is 1.51. The summed E-state index contributed by atoms with van der Waals surface area (Å²) in [6, 6.07) is 8.13. The molecule has 25 heavy (non-hydrogen) atoms. The fraction of sp³-hybridized carbons (Fsp3) is 0.389. The van der Waals surface area contributed by atoms with Crippen molar-refractivity contribution in [1.82, 2.24) is 15.5 Å². The molecule has 7 heteroatoms. The van der Waals surface area contributed by atoms with Crippen molar-refractivity contribution in [3.63, 3.8) is 0 Å². The van der Waals surface area contributed by atoms with Crippen molar-refractivity contribution >= 4 is 17.4 Å². The van der Waals surface area contributed by atoms with Crippen molar-refractivity contribution in [2.24, 2.45) is 0 Å². The molecule has 1 aliphatic rings. The molecule has 0 spiro atoms. The lowest BCUT2D eigenvalue weighted by Crippen LogP contribution is -2.45. The number of carbonyl (C=O) groups is 1. The number of morpholine rings is 1. The third-order valence-corrected chi connectivity index (χ3v) is 4.94. The minimum absolute atomic E-state index is 0.145. The fourth-order valence-electron chi connectivity index (χ4n) is 2.85. The minimum Gasteiger partial charge on any atom is -0.379 e. The predicted octanol–water partition coefficient (Wildman–Crippen LogP) is 2.76. The Morgan fingerprint density at radius 3 is 2.64 bits per heavy atom. The number of nitrogens with zero attached hydrogens (tertiary/aromatic N) is 1. The molecule has 0 unspecified atom stereocenters. The number of benzene rings is 1. The Labute approximate surface area is 150 Å². The molecule has 0 bridgehead atoms. The first kappa shape index (κ1) is 17.8. The van der Waals surface area contributed by atoms with Gasteiger partial charge in [0.05, 0.1) is 19.3 Å². The Morgan fingerprint density at radius 2 is 1.96 bits per heavy atom. The summed E-state index contributed by atoms with van der Waals surface area (Å²) in [5, 5.41) is 9.93. The van der Waals surface area contributed by atoms with Crippen LogP contribution in [0.2, 0.25) is 0 Å². The highest BCUT2D eigenvalue weighted by Gasteiger charge is 2.23. The lowest BCUT2D eigenvalue weighted by Gasteiger charge is -2.34. The standard InChI is InChI=1S/C18H22FN3O2S/c19-16-3-1-14(2-4-16)11-20-18(23)21-12-17(15-5-10-25-13-15)22-6-8-24-9-7-22/h1-5,10,13,17H,6-9,11-12H2,(H2,20,21,23)/t17-/m0/s1. The van der Waals surface area contributed by atoms with Gasteiger partial charge in [0.1, 0.15) is 5.82 Å². The molecule has 0 aliphatic carbocycles. The molecular formula is C18H22FN3O2S. The molecule has 2 amide bonds. The molecule has 1 fully saturated rings. The first-order chi connectivity index (χ1) is 12.2. The number of ether oxygens (including phenoxy) is 1. The molecule has 0 radical (unpaired) electrons. The average molecular weight is 363 g/mol. The number of urea groups is 1. The van der Waals surface area contributed by atoms with Crippen LogP contribution in [0.4, 0.5) is 9.18 Å². The van der Waals surface area contributed by atoms with E-state index in [4.69, 9.17) is 4.74 Å². The largest absolute Gasteiger partial charge is 0.379 e. The first-order valence-corrected chi connectivity index (χ1v) is 9.26. The Bertz CT molecular complexity index is 657. The van der Waals surface area contributed by atoms with E-state index in [2.05, 4.69) is 32.4 Å². The van der Waals surface area contributed by atoms with Crippen LogP contribution in [0.5, 0.6) is 0 Å². The van der Waals surface area contributed by atoms with Crippen molar-refractivity contribution in [2.45, 2.75) is 12.6 Å². The number of hydrogen-bond acceptors (Lipinski definition) is 4. The Kier molecular flexibility index (Phi) is 6.38. The molecule has 3 rings (SSSR count). The summed E-state index contributed by atoms with van der Waals surface area (Å²) in [5.41, 5.74) is 2.07. The summed E-state index contributed by atoms with van der Waals surface area (Å²) in [6.07, 6.45) is 0. The van der Waals surface area contributed by atoms with Crippen LogP contribution in [0, 0.1) is 5.82 Å². The highest BCUT2D eigenvalue weighted by molar-refractivity contribution is 7.07.